The highest BCUT2D eigenvalue weighted by Gasteiger charge is 2.13. The van der Waals surface area contributed by atoms with Gasteiger partial charge in [-0.15, -0.1) is 11.3 Å². The van der Waals surface area contributed by atoms with Crippen LogP contribution in [0.15, 0.2) is 51.7 Å². The van der Waals surface area contributed by atoms with Crippen LogP contribution in [0.1, 0.15) is 15.2 Å². The number of thiophene rings is 1. The van der Waals surface area contributed by atoms with Crippen molar-refractivity contribution in [2.75, 3.05) is 0 Å². The molecule has 3 aromatic rings. The van der Waals surface area contributed by atoms with Crippen molar-refractivity contribution in [3.05, 3.63) is 52.3 Å². The molecule has 21 heavy (non-hydrogen) atoms. The molecule has 1 N–H and O–H groups in total. The van der Waals surface area contributed by atoms with E-state index in [0.717, 1.165) is 20.7 Å². The van der Waals surface area contributed by atoms with Crippen LogP contribution in [-0.4, -0.2) is 16.1 Å². The van der Waals surface area contributed by atoms with E-state index in [2.05, 4.69) is 11.1 Å². The van der Waals surface area contributed by atoms with Crippen molar-refractivity contribution in [2.45, 2.75) is 9.79 Å². The molecule has 0 fully saturated rings. The smallest absolute Gasteiger partial charge is 0.345 e. The topological polar surface area (TPSA) is 74.0 Å². The Morgan fingerprint density at radius 1 is 1.38 bits per heavy atom. The number of carboxylic acid groups (broad SMARTS) is 1. The van der Waals surface area contributed by atoms with Gasteiger partial charge in [-0.2, -0.15) is 5.26 Å². The lowest BCUT2D eigenvalue weighted by Crippen LogP contribution is -1.90. The van der Waals surface area contributed by atoms with Gasteiger partial charge in [0.2, 0.25) is 0 Å². The van der Waals surface area contributed by atoms with Crippen molar-refractivity contribution >= 4 is 40.0 Å². The van der Waals surface area contributed by atoms with Gasteiger partial charge in [-0.05, 0) is 12.1 Å². The summed E-state index contributed by atoms with van der Waals surface area (Å²) in [6, 6.07) is 11.3. The number of aromatic carboxylic acids is 1. The number of carbonyl (C=O) groups is 1. The lowest BCUT2D eigenvalue weighted by atomic mass is 10.2. The van der Waals surface area contributed by atoms with Crippen LogP contribution in [0.4, 0.5) is 0 Å². The average molecular weight is 312 g/mol. The Hall–Kier alpha value is -2.36. The van der Waals surface area contributed by atoms with Gasteiger partial charge in [-0.3, -0.25) is 4.98 Å². The molecule has 2 heterocycles. The Bertz CT molecular complexity index is 881. The summed E-state index contributed by atoms with van der Waals surface area (Å²) in [6.07, 6.45) is 1.55. The SMILES string of the molecule is N#Cc1cnc2ccccc2c1Sc1csc(C(=O)O)c1. The monoisotopic (exact) mass is 312 g/mol. The van der Waals surface area contributed by atoms with Crippen LogP contribution in [0, 0.1) is 11.3 Å². The molecule has 0 unspecified atom stereocenters. The standard InChI is InChI=1S/C15H8N2O2S2/c16-6-9-7-17-12-4-2-1-3-11(12)14(9)21-10-5-13(15(18)19)20-8-10/h1-5,7-8H,(H,18,19). The summed E-state index contributed by atoms with van der Waals surface area (Å²) >= 11 is 2.57. The number of nitriles is 1. The highest BCUT2D eigenvalue weighted by Crippen LogP contribution is 2.37. The second-order valence-corrected chi connectivity index (χ2v) is 6.18. The van der Waals surface area contributed by atoms with Crippen LogP contribution in [0.2, 0.25) is 0 Å². The number of hydrogen-bond donors (Lipinski definition) is 1. The zero-order valence-corrected chi connectivity index (χ0v) is 12.2. The van der Waals surface area contributed by atoms with Gasteiger partial charge in [0.25, 0.3) is 0 Å². The first-order valence-corrected chi connectivity index (χ1v) is 7.66. The van der Waals surface area contributed by atoms with Gasteiger partial charge in [0.1, 0.15) is 10.9 Å². The minimum Gasteiger partial charge on any atom is -0.477 e. The summed E-state index contributed by atoms with van der Waals surface area (Å²) < 4.78 is 0. The number of rotatable bonds is 3. The molecule has 0 amide bonds. The van der Waals surface area contributed by atoms with E-state index in [1.54, 1.807) is 17.6 Å². The molecule has 0 aliphatic heterocycles. The zero-order chi connectivity index (χ0) is 14.8. The minimum atomic E-state index is -0.938. The minimum absolute atomic E-state index is 0.286. The second kappa shape index (κ2) is 5.56. The molecule has 0 aliphatic carbocycles. The molecule has 4 nitrogen and oxygen atoms in total. The number of fused-ring (bicyclic) bond motifs is 1. The highest BCUT2D eigenvalue weighted by molar-refractivity contribution is 7.99. The van der Waals surface area contributed by atoms with E-state index in [-0.39, 0.29) is 4.88 Å². The molecule has 102 valence electrons. The van der Waals surface area contributed by atoms with Gasteiger partial charge in [-0.25, -0.2) is 4.79 Å². The average Bonchev–Trinajstić information content (AvgIpc) is 2.96. The third-order valence-electron chi connectivity index (χ3n) is 2.85. The Morgan fingerprint density at radius 2 is 2.19 bits per heavy atom. The van der Waals surface area contributed by atoms with Crippen LogP contribution in [-0.2, 0) is 0 Å². The van der Waals surface area contributed by atoms with Gasteiger partial charge < -0.3 is 5.11 Å². The summed E-state index contributed by atoms with van der Waals surface area (Å²) in [7, 11) is 0. The predicted octanol–water partition coefficient (Wildman–Crippen LogP) is 4.02. The van der Waals surface area contributed by atoms with Crippen molar-refractivity contribution in [3.63, 3.8) is 0 Å². The predicted molar refractivity (Wildman–Crippen MR) is 81.9 cm³/mol. The van der Waals surface area contributed by atoms with Crippen LogP contribution < -0.4 is 0 Å². The molecule has 6 heteroatoms. The maximum Gasteiger partial charge on any atom is 0.345 e. The quantitative estimate of drug-likeness (QED) is 0.790. The molecular weight excluding hydrogens is 304 g/mol. The first-order valence-electron chi connectivity index (χ1n) is 5.96. The van der Waals surface area contributed by atoms with Crippen molar-refractivity contribution in [1.82, 2.24) is 4.98 Å². The molecule has 0 atom stereocenters. The first kappa shape index (κ1) is 13.6. The Balaban J connectivity index is 2.10. The molecule has 0 bridgehead atoms. The summed E-state index contributed by atoms with van der Waals surface area (Å²) in [5.74, 6) is -0.938. The van der Waals surface area contributed by atoms with E-state index in [0.29, 0.717) is 5.56 Å². The lowest BCUT2D eigenvalue weighted by molar-refractivity contribution is 0.0702. The number of para-hydroxylation sites is 1. The zero-order valence-electron chi connectivity index (χ0n) is 10.6. The first-order chi connectivity index (χ1) is 10.2. The van der Waals surface area contributed by atoms with Crippen LogP contribution in [0.25, 0.3) is 10.9 Å². The number of benzene rings is 1. The Labute approximate surface area is 128 Å². The summed E-state index contributed by atoms with van der Waals surface area (Å²) in [4.78, 5) is 17.1. The van der Waals surface area contributed by atoms with Crippen molar-refractivity contribution in [3.8, 4) is 6.07 Å². The highest BCUT2D eigenvalue weighted by atomic mass is 32.2. The maximum atomic E-state index is 10.9. The number of nitrogens with zero attached hydrogens (tertiary/aromatic N) is 2. The molecule has 0 saturated carbocycles. The fraction of sp³-hybridized carbons (Fsp3) is 0. The van der Waals surface area contributed by atoms with Crippen LogP contribution in [0.5, 0.6) is 0 Å². The normalized spacial score (nSPS) is 10.4. The Kier molecular flexibility index (Phi) is 3.60. The van der Waals surface area contributed by atoms with Gasteiger partial charge in [0.15, 0.2) is 0 Å². The molecule has 0 aliphatic rings. The van der Waals surface area contributed by atoms with Crippen LogP contribution in [0.3, 0.4) is 0 Å². The fourth-order valence-electron chi connectivity index (χ4n) is 1.91. The summed E-state index contributed by atoms with van der Waals surface area (Å²) in [5, 5.41) is 20.9. The van der Waals surface area contributed by atoms with Crippen molar-refractivity contribution < 1.29 is 9.90 Å². The van der Waals surface area contributed by atoms with Gasteiger partial charge in [0, 0.05) is 26.8 Å². The van der Waals surface area contributed by atoms with Crippen molar-refractivity contribution in [2.24, 2.45) is 0 Å². The fourth-order valence-corrected chi connectivity index (χ4v) is 3.83. The van der Waals surface area contributed by atoms with E-state index in [1.165, 1.54) is 23.1 Å². The van der Waals surface area contributed by atoms with E-state index in [4.69, 9.17) is 5.11 Å². The third kappa shape index (κ3) is 2.61. The molecule has 1 aromatic carbocycles. The van der Waals surface area contributed by atoms with E-state index in [9.17, 15) is 10.1 Å². The van der Waals surface area contributed by atoms with Crippen LogP contribution >= 0.6 is 23.1 Å². The maximum absolute atomic E-state index is 10.9. The number of pyridine rings is 1. The van der Waals surface area contributed by atoms with E-state index < -0.39 is 5.97 Å². The number of carboxylic acids is 1. The lowest BCUT2D eigenvalue weighted by Gasteiger charge is -2.06. The molecular formula is C15H8N2O2S2. The largest absolute Gasteiger partial charge is 0.477 e. The number of hydrogen-bond acceptors (Lipinski definition) is 5. The Morgan fingerprint density at radius 3 is 2.90 bits per heavy atom. The number of aromatic nitrogens is 1. The van der Waals surface area contributed by atoms with Crippen molar-refractivity contribution in [1.29, 1.82) is 5.26 Å². The van der Waals surface area contributed by atoms with Gasteiger partial charge >= 0.3 is 5.97 Å². The van der Waals surface area contributed by atoms with E-state index in [1.807, 2.05) is 24.3 Å². The second-order valence-electron chi connectivity index (χ2n) is 4.18. The summed E-state index contributed by atoms with van der Waals surface area (Å²) in [5.41, 5.74) is 1.30. The van der Waals surface area contributed by atoms with E-state index >= 15 is 0 Å². The third-order valence-corrected chi connectivity index (χ3v) is 5.04. The molecule has 0 spiro atoms. The van der Waals surface area contributed by atoms with Gasteiger partial charge in [0.05, 0.1) is 11.1 Å². The molecule has 0 saturated heterocycles. The molecule has 3 rings (SSSR count). The molecule has 2 aromatic heterocycles. The van der Waals surface area contributed by atoms with Gasteiger partial charge in [-0.1, -0.05) is 30.0 Å². The molecule has 0 radical (unpaired) electrons. The summed E-state index contributed by atoms with van der Waals surface area (Å²) in [6.45, 7) is 0.